The molecule has 3 nitrogen and oxygen atoms in total. The Bertz CT molecular complexity index is 811. The summed E-state index contributed by atoms with van der Waals surface area (Å²) in [6, 6.07) is 15.1. The number of hydrogen-bond acceptors (Lipinski definition) is 2. The molecule has 0 aliphatic carbocycles. The van der Waals surface area contributed by atoms with Crippen LogP contribution in [0.5, 0.6) is 0 Å². The lowest BCUT2D eigenvalue weighted by atomic mass is 9.74. The number of nitrogens with zero attached hydrogens (tertiary/aromatic N) is 2. The van der Waals surface area contributed by atoms with Crippen LogP contribution >= 0.6 is 0 Å². The molecule has 26 heavy (non-hydrogen) atoms. The molecule has 4 rings (SSSR count). The molecule has 1 amide bonds. The van der Waals surface area contributed by atoms with Gasteiger partial charge in [0.25, 0.3) is 0 Å². The zero-order valence-corrected chi connectivity index (χ0v) is 15.2. The lowest BCUT2D eigenvalue weighted by Gasteiger charge is -2.40. The number of amides is 1. The van der Waals surface area contributed by atoms with Gasteiger partial charge in [-0.1, -0.05) is 30.3 Å². The smallest absolute Gasteiger partial charge is 0.226 e. The van der Waals surface area contributed by atoms with Crippen LogP contribution in [0.1, 0.15) is 30.9 Å². The van der Waals surface area contributed by atoms with Crippen LogP contribution in [-0.2, 0) is 16.6 Å². The third kappa shape index (κ3) is 2.98. The van der Waals surface area contributed by atoms with Crippen molar-refractivity contribution in [3.8, 4) is 0 Å². The van der Waals surface area contributed by atoms with Gasteiger partial charge < -0.3 is 9.80 Å². The zero-order valence-electron chi connectivity index (χ0n) is 15.2. The normalized spacial score (nSPS) is 18.2. The summed E-state index contributed by atoms with van der Waals surface area (Å²) in [6.07, 6.45) is 2.27. The van der Waals surface area contributed by atoms with E-state index >= 15 is 0 Å². The molecule has 2 aliphatic heterocycles. The minimum Gasteiger partial charge on any atom is -0.371 e. The van der Waals surface area contributed by atoms with Gasteiger partial charge in [0.15, 0.2) is 0 Å². The van der Waals surface area contributed by atoms with E-state index in [1.165, 1.54) is 23.4 Å². The second-order valence-corrected chi connectivity index (χ2v) is 7.50. The second kappa shape index (κ2) is 6.75. The third-order valence-corrected chi connectivity index (χ3v) is 6.01. The number of piperidine rings is 1. The molecule has 2 heterocycles. The van der Waals surface area contributed by atoms with E-state index in [2.05, 4.69) is 36.1 Å². The molecule has 2 aromatic rings. The van der Waals surface area contributed by atoms with E-state index in [4.69, 9.17) is 0 Å². The van der Waals surface area contributed by atoms with Crippen LogP contribution in [0.3, 0.4) is 0 Å². The van der Waals surface area contributed by atoms with Crippen molar-refractivity contribution in [3.05, 3.63) is 65.5 Å². The first-order valence-corrected chi connectivity index (χ1v) is 9.48. The maximum Gasteiger partial charge on any atom is 0.226 e. The van der Waals surface area contributed by atoms with E-state index in [1.54, 1.807) is 6.07 Å². The van der Waals surface area contributed by atoms with Gasteiger partial charge in [-0.3, -0.25) is 4.79 Å². The van der Waals surface area contributed by atoms with Crippen LogP contribution in [0.4, 0.5) is 10.1 Å². The number of likely N-dealkylation sites (N-methyl/N-ethyl adjacent to an activating group) is 1. The molecule has 136 valence electrons. The molecule has 0 radical (unpaired) electrons. The molecule has 1 saturated heterocycles. The molecule has 4 heteroatoms. The van der Waals surface area contributed by atoms with E-state index < -0.39 is 0 Å². The predicted molar refractivity (Wildman–Crippen MR) is 102 cm³/mol. The number of likely N-dealkylation sites (tertiary alicyclic amines) is 1. The average molecular weight is 352 g/mol. The molecule has 2 aromatic carbocycles. The molecular formula is C22H25FN2O. The highest BCUT2D eigenvalue weighted by Crippen LogP contribution is 2.46. The third-order valence-electron chi connectivity index (χ3n) is 6.01. The molecule has 1 fully saturated rings. The van der Waals surface area contributed by atoms with E-state index in [-0.39, 0.29) is 23.6 Å². The molecule has 0 aromatic heterocycles. The van der Waals surface area contributed by atoms with Crippen molar-refractivity contribution < 1.29 is 9.18 Å². The van der Waals surface area contributed by atoms with Gasteiger partial charge in [-0.15, -0.1) is 0 Å². The number of anilines is 1. The van der Waals surface area contributed by atoms with Gasteiger partial charge >= 0.3 is 0 Å². The lowest BCUT2D eigenvalue weighted by molar-refractivity contribution is -0.132. The van der Waals surface area contributed by atoms with Crippen LogP contribution in [0.25, 0.3) is 0 Å². The minimum atomic E-state index is -0.282. The van der Waals surface area contributed by atoms with E-state index in [9.17, 15) is 9.18 Å². The average Bonchev–Trinajstić information content (AvgIpc) is 2.96. The summed E-state index contributed by atoms with van der Waals surface area (Å²) in [7, 11) is 0. The number of benzene rings is 2. The Morgan fingerprint density at radius 2 is 1.88 bits per heavy atom. The Kier molecular flexibility index (Phi) is 4.43. The van der Waals surface area contributed by atoms with Crippen LogP contribution in [0.15, 0.2) is 48.5 Å². The van der Waals surface area contributed by atoms with Gasteiger partial charge in [0.1, 0.15) is 5.82 Å². The van der Waals surface area contributed by atoms with Crippen molar-refractivity contribution in [2.45, 2.75) is 31.6 Å². The number of para-hydroxylation sites is 1. The summed E-state index contributed by atoms with van der Waals surface area (Å²) >= 11 is 0. The van der Waals surface area contributed by atoms with Gasteiger partial charge in [-0.05, 0) is 49.1 Å². The number of hydrogen-bond donors (Lipinski definition) is 0. The molecule has 0 bridgehead atoms. The molecule has 0 saturated carbocycles. The van der Waals surface area contributed by atoms with Crippen LogP contribution < -0.4 is 4.90 Å². The molecule has 2 aliphatic rings. The SMILES string of the molecule is CCN1CC2(CCN(C(=O)Cc3cccc(F)c3)CC2)c2ccccc21. The highest BCUT2D eigenvalue weighted by atomic mass is 19.1. The first kappa shape index (κ1) is 17.1. The minimum absolute atomic E-state index is 0.101. The number of rotatable bonds is 3. The largest absolute Gasteiger partial charge is 0.371 e. The standard InChI is InChI=1S/C22H25FN2O/c1-2-24-16-22(19-8-3-4-9-20(19)24)10-12-25(13-11-22)21(26)15-17-6-5-7-18(23)14-17/h3-9,14H,2,10-13,15-16H2,1H3. The lowest BCUT2D eigenvalue weighted by Crippen LogP contribution is -2.47. The Morgan fingerprint density at radius 1 is 1.12 bits per heavy atom. The highest BCUT2D eigenvalue weighted by molar-refractivity contribution is 5.79. The van der Waals surface area contributed by atoms with E-state index in [1.807, 2.05) is 11.0 Å². The fourth-order valence-corrected chi connectivity index (χ4v) is 4.56. The van der Waals surface area contributed by atoms with Crippen molar-refractivity contribution in [2.24, 2.45) is 0 Å². The fraction of sp³-hybridized carbons (Fsp3) is 0.409. The van der Waals surface area contributed by atoms with Crippen molar-refractivity contribution in [2.75, 3.05) is 31.1 Å². The monoisotopic (exact) mass is 352 g/mol. The second-order valence-electron chi connectivity index (χ2n) is 7.50. The van der Waals surface area contributed by atoms with Crippen LogP contribution in [0.2, 0.25) is 0 Å². The van der Waals surface area contributed by atoms with Crippen molar-refractivity contribution in [3.63, 3.8) is 0 Å². The topological polar surface area (TPSA) is 23.6 Å². The molecule has 0 unspecified atom stereocenters. The summed E-state index contributed by atoms with van der Waals surface area (Å²) in [4.78, 5) is 17.1. The van der Waals surface area contributed by atoms with E-state index in [0.29, 0.717) is 0 Å². The van der Waals surface area contributed by atoms with E-state index in [0.717, 1.165) is 44.6 Å². The maximum atomic E-state index is 13.3. The Hall–Kier alpha value is -2.36. The van der Waals surface area contributed by atoms with Gasteiger partial charge in [-0.2, -0.15) is 0 Å². The zero-order chi connectivity index (χ0) is 18.1. The predicted octanol–water partition coefficient (Wildman–Crippen LogP) is 3.77. The summed E-state index contributed by atoms with van der Waals surface area (Å²) in [5.74, 6) is -0.181. The Balaban J connectivity index is 1.45. The Labute approximate surface area is 154 Å². The van der Waals surface area contributed by atoms with Crippen LogP contribution in [0, 0.1) is 5.82 Å². The van der Waals surface area contributed by atoms with Crippen molar-refractivity contribution in [1.82, 2.24) is 4.90 Å². The molecule has 1 spiro atoms. The van der Waals surface area contributed by atoms with Crippen LogP contribution in [-0.4, -0.2) is 37.0 Å². The number of carbonyl (C=O) groups excluding carboxylic acids is 1. The summed E-state index contributed by atoms with van der Waals surface area (Å²) in [6.45, 7) is 5.82. The number of halogens is 1. The van der Waals surface area contributed by atoms with Gasteiger partial charge in [0.05, 0.1) is 6.42 Å². The Morgan fingerprint density at radius 3 is 2.62 bits per heavy atom. The summed E-state index contributed by atoms with van der Waals surface area (Å²) in [5.41, 5.74) is 3.72. The van der Waals surface area contributed by atoms with Gasteiger partial charge in [0, 0.05) is 37.3 Å². The summed E-state index contributed by atoms with van der Waals surface area (Å²) < 4.78 is 13.3. The molecule has 0 N–H and O–H groups in total. The molecule has 0 atom stereocenters. The first-order chi connectivity index (χ1) is 12.6. The highest BCUT2D eigenvalue weighted by Gasteiger charge is 2.44. The fourth-order valence-electron chi connectivity index (χ4n) is 4.56. The molecular weight excluding hydrogens is 327 g/mol. The first-order valence-electron chi connectivity index (χ1n) is 9.48. The van der Waals surface area contributed by atoms with Crippen molar-refractivity contribution in [1.29, 1.82) is 0 Å². The van der Waals surface area contributed by atoms with Gasteiger partial charge in [-0.25, -0.2) is 4.39 Å². The quantitative estimate of drug-likeness (QED) is 0.840. The number of carbonyl (C=O) groups is 1. The number of fused-ring (bicyclic) bond motifs is 2. The summed E-state index contributed by atoms with van der Waals surface area (Å²) in [5, 5.41) is 0. The maximum absolute atomic E-state index is 13.3. The van der Waals surface area contributed by atoms with Gasteiger partial charge in [0.2, 0.25) is 5.91 Å². The van der Waals surface area contributed by atoms with Crippen molar-refractivity contribution >= 4 is 11.6 Å².